The molecule has 1 aliphatic rings. The number of hydrogen-bond donors (Lipinski definition) is 1. The Labute approximate surface area is 131 Å². The van der Waals surface area contributed by atoms with Crippen LogP contribution in [0.2, 0.25) is 5.02 Å². The highest BCUT2D eigenvalue weighted by Crippen LogP contribution is 2.22. The Morgan fingerprint density at radius 2 is 1.43 bits per heavy atom. The number of halogens is 1. The molecule has 0 spiro atoms. The molecule has 1 saturated heterocycles. The maximum absolute atomic E-state index is 6.33. The van der Waals surface area contributed by atoms with Gasteiger partial charge in [-0.05, 0) is 54.8 Å². The van der Waals surface area contributed by atoms with E-state index in [1.165, 1.54) is 31.5 Å². The van der Waals surface area contributed by atoms with Crippen LogP contribution >= 0.6 is 11.6 Å². The van der Waals surface area contributed by atoms with Gasteiger partial charge in [-0.15, -0.1) is 0 Å². The van der Waals surface area contributed by atoms with E-state index in [0.717, 1.165) is 22.7 Å². The molecule has 2 aromatic carbocycles. The minimum absolute atomic E-state index is 0.0943. The van der Waals surface area contributed by atoms with E-state index in [1.54, 1.807) is 0 Å². The van der Waals surface area contributed by atoms with Crippen molar-refractivity contribution in [3.05, 3.63) is 70.2 Å². The van der Waals surface area contributed by atoms with Crippen molar-refractivity contribution in [2.45, 2.75) is 25.4 Å². The van der Waals surface area contributed by atoms with Crippen LogP contribution in [0.5, 0.6) is 0 Å². The first-order valence-corrected chi connectivity index (χ1v) is 7.92. The molecule has 0 aliphatic carbocycles. The van der Waals surface area contributed by atoms with Crippen molar-refractivity contribution < 1.29 is 0 Å². The van der Waals surface area contributed by atoms with E-state index in [4.69, 9.17) is 17.3 Å². The highest BCUT2D eigenvalue weighted by molar-refractivity contribution is 6.30. The Morgan fingerprint density at radius 1 is 0.905 bits per heavy atom. The van der Waals surface area contributed by atoms with Gasteiger partial charge in [0.1, 0.15) is 0 Å². The van der Waals surface area contributed by atoms with Gasteiger partial charge in [-0.25, -0.2) is 0 Å². The summed E-state index contributed by atoms with van der Waals surface area (Å²) in [6.45, 7) is 3.51. The monoisotopic (exact) mass is 300 g/mol. The van der Waals surface area contributed by atoms with Crippen LogP contribution in [-0.4, -0.2) is 18.0 Å². The average molecular weight is 301 g/mol. The molecular formula is C18H21ClN2. The molecule has 0 saturated carbocycles. The molecule has 2 N–H and O–H groups in total. The maximum atomic E-state index is 6.33. The van der Waals surface area contributed by atoms with Gasteiger partial charge in [-0.3, -0.25) is 4.90 Å². The average Bonchev–Trinajstić information content (AvgIpc) is 3.01. The first-order chi connectivity index (χ1) is 10.2. The lowest BCUT2D eigenvalue weighted by atomic mass is 9.98. The summed E-state index contributed by atoms with van der Waals surface area (Å²) in [5.41, 5.74) is 9.92. The first-order valence-electron chi connectivity index (χ1n) is 7.54. The zero-order valence-corrected chi connectivity index (χ0v) is 12.9. The second-order valence-corrected chi connectivity index (χ2v) is 6.19. The predicted molar refractivity (Wildman–Crippen MR) is 88.4 cm³/mol. The quantitative estimate of drug-likeness (QED) is 0.925. The third-order valence-corrected chi connectivity index (χ3v) is 4.42. The molecule has 3 heteroatoms. The third kappa shape index (κ3) is 3.65. The van der Waals surface area contributed by atoms with Crippen molar-refractivity contribution in [1.29, 1.82) is 0 Å². The van der Waals surface area contributed by atoms with E-state index >= 15 is 0 Å². The van der Waals surface area contributed by atoms with Crippen molar-refractivity contribution in [3.63, 3.8) is 0 Å². The summed E-state index contributed by atoms with van der Waals surface area (Å²) >= 11 is 5.92. The first kappa shape index (κ1) is 14.6. The van der Waals surface area contributed by atoms with Gasteiger partial charge in [0.15, 0.2) is 0 Å². The lowest BCUT2D eigenvalue weighted by Crippen LogP contribution is -2.18. The van der Waals surface area contributed by atoms with E-state index in [2.05, 4.69) is 29.2 Å². The molecule has 3 rings (SSSR count). The Hall–Kier alpha value is -1.35. The topological polar surface area (TPSA) is 29.3 Å². The fraction of sp³-hybridized carbons (Fsp3) is 0.333. The smallest absolute Gasteiger partial charge is 0.0551 e. The largest absolute Gasteiger partial charge is 0.320 e. The fourth-order valence-electron chi connectivity index (χ4n) is 2.89. The predicted octanol–water partition coefficient (Wildman–Crippen LogP) is 3.98. The van der Waals surface area contributed by atoms with Crippen molar-refractivity contribution in [2.24, 2.45) is 5.73 Å². The standard InChI is InChI=1S/C18H21ClN2/c19-17-9-7-16(8-10-17)18(20)15-5-3-14(4-6-15)13-21-11-1-2-12-21/h3-10,18H,1-2,11-13,20H2. The molecule has 0 radical (unpaired) electrons. The Kier molecular flexibility index (Phi) is 4.59. The van der Waals surface area contributed by atoms with E-state index < -0.39 is 0 Å². The van der Waals surface area contributed by atoms with Crippen LogP contribution in [0.1, 0.15) is 35.6 Å². The molecule has 1 unspecified atom stereocenters. The Bertz CT molecular complexity index is 571. The van der Waals surface area contributed by atoms with Crippen LogP contribution < -0.4 is 5.73 Å². The summed E-state index contributed by atoms with van der Waals surface area (Å²) in [5.74, 6) is 0. The van der Waals surface area contributed by atoms with Crippen LogP contribution in [0.15, 0.2) is 48.5 Å². The van der Waals surface area contributed by atoms with E-state index in [9.17, 15) is 0 Å². The van der Waals surface area contributed by atoms with Crippen molar-refractivity contribution in [1.82, 2.24) is 4.90 Å². The van der Waals surface area contributed by atoms with Crippen LogP contribution in [0.25, 0.3) is 0 Å². The van der Waals surface area contributed by atoms with Crippen molar-refractivity contribution in [2.75, 3.05) is 13.1 Å². The third-order valence-electron chi connectivity index (χ3n) is 4.17. The molecule has 0 amide bonds. The summed E-state index contributed by atoms with van der Waals surface area (Å²) in [6.07, 6.45) is 2.67. The Balaban J connectivity index is 1.69. The van der Waals surface area contributed by atoms with Crippen LogP contribution in [0.3, 0.4) is 0 Å². The maximum Gasteiger partial charge on any atom is 0.0551 e. The van der Waals surface area contributed by atoms with Crippen molar-refractivity contribution >= 4 is 11.6 Å². The van der Waals surface area contributed by atoms with Crippen molar-refractivity contribution in [3.8, 4) is 0 Å². The number of likely N-dealkylation sites (tertiary alicyclic amines) is 1. The molecule has 2 aromatic rings. The van der Waals surface area contributed by atoms with Gasteiger partial charge in [-0.1, -0.05) is 48.0 Å². The zero-order chi connectivity index (χ0) is 14.7. The molecule has 1 atom stereocenters. The van der Waals surface area contributed by atoms with E-state index in [-0.39, 0.29) is 6.04 Å². The minimum Gasteiger partial charge on any atom is -0.320 e. The lowest BCUT2D eigenvalue weighted by Gasteiger charge is -2.16. The molecule has 110 valence electrons. The van der Waals surface area contributed by atoms with Gasteiger partial charge in [0.2, 0.25) is 0 Å². The van der Waals surface area contributed by atoms with Gasteiger partial charge in [0.25, 0.3) is 0 Å². The summed E-state index contributed by atoms with van der Waals surface area (Å²) in [6, 6.07) is 16.3. The number of nitrogens with zero attached hydrogens (tertiary/aromatic N) is 1. The van der Waals surface area contributed by atoms with Crippen LogP contribution in [-0.2, 0) is 6.54 Å². The second-order valence-electron chi connectivity index (χ2n) is 5.75. The van der Waals surface area contributed by atoms with Gasteiger partial charge in [0.05, 0.1) is 6.04 Å². The van der Waals surface area contributed by atoms with E-state index in [1.807, 2.05) is 24.3 Å². The second kappa shape index (κ2) is 6.61. The fourth-order valence-corrected chi connectivity index (χ4v) is 3.02. The molecule has 1 heterocycles. The number of nitrogens with two attached hydrogens (primary N) is 1. The number of benzene rings is 2. The Morgan fingerprint density at radius 3 is 2.00 bits per heavy atom. The molecule has 1 fully saturated rings. The summed E-state index contributed by atoms with van der Waals surface area (Å²) in [5, 5.41) is 0.743. The summed E-state index contributed by atoms with van der Waals surface area (Å²) in [4.78, 5) is 2.51. The van der Waals surface area contributed by atoms with Gasteiger partial charge in [0, 0.05) is 11.6 Å². The molecule has 0 aromatic heterocycles. The van der Waals surface area contributed by atoms with E-state index in [0.29, 0.717) is 0 Å². The molecule has 1 aliphatic heterocycles. The molecule has 21 heavy (non-hydrogen) atoms. The number of rotatable bonds is 4. The lowest BCUT2D eigenvalue weighted by molar-refractivity contribution is 0.331. The highest BCUT2D eigenvalue weighted by atomic mass is 35.5. The molecule has 0 bridgehead atoms. The van der Waals surface area contributed by atoms with Crippen LogP contribution in [0.4, 0.5) is 0 Å². The van der Waals surface area contributed by atoms with Crippen LogP contribution in [0, 0.1) is 0 Å². The SMILES string of the molecule is NC(c1ccc(Cl)cc1)c1ccc(CN2CCCC2)cc1. The number of hydrogen-bond acceptors (Lipinski definition) is 2. The van der Waals surface area contributed by atoms with Gasteiger partial charge >= 0.3 is 0 Å². The van der Waals surface area contributed by atoms with Gasteiger partial charge < -0.3 is 5.73 Å². The zero-order valence-electron chi connectivity index (χ0n) is 12.1. The molecule has 2 nitrogen and oxygen atoms in total. The normalized spacial score (nSPS) is 17.0. The van der Waals surface area contributed by atoms with Gasteiger partial charge in [-0.2, -0.15) is 0 Å². The summed E-state index contributed by atoms with van der Waals surface area (Å²) < 4.78 is 0. The minimum atomic E-state index is -0.0943. The highest BCUT2D eigenvalue weighted by Gasteiger charge is 2.12. The molecular weight excluding hydrogens is 280 g/mol. The summed E-state index contributed by atoms with van der Waals surface area (Å²) in [7, 11) is 0.